The molecule has 7 heteroatoms. The van der Waals surface area contributed by atoms with Crippen LogP contribution in [-0.2, 0) is 9.53 Å². The Morgan fingerprint density at radius 1 is 1.13 bits per heavy atom. The first-order chi connectivity index (χ1) is 14.9. The minimum absolute atomic E-state index is 0.0284. The molecule has 162 valence electrons. The van der Waals surface area contributed by atoms with Gasteiger partial charge in [-0.05, 0) is 23.8 Å². The molecule has 1 aromatic heterocycles. The van der Waals surface area contributed by atoms with Crippen LogP contribution >= 0.6 is 0 Å². The van der Waals surface area contributed by atoms with Crippen LogP contribution in [0.5, 0.6) is 0 Å². The van der Waals surface area contributed by atoms with E-state index in [2.05, 4.69) is 4.90 Å². The fraction of sp³-hybridized carbons (Fsp3) is 0.375. The van der Waals surface area contributed by atoms with Crippen molar-refractivity contribution < 1.29 is 19.4 Å². The summed E-state index contributed by atoms with van der Waals surface area (Å²) in [6.45, 7) is 6.51. The molecule has 2 aromatic rings. The number of hydrogen-bond acceptors (Lipinski definition) is 5. The number of ether oxygens (including phenoxy) is 1. The van der Waals surface area contributed by atoms with E-state index in [0.29, 0.717) is 24.5 Å². The molecular formula is C24H27N3O4. The van der Waals surface area contributed by atoms with E-state index < -0.39 is 17.6 Å². The Labute approximate surface area is 182 Å². The topological polar surface area (TPSA) is 83.0 Å². The van der Waals surface area contributed by atoms with E-state index in [-0.39, 0.29) is 12.3 Å². The summed E-state index contributed by atoms with van der Waals surface area (Å²) in [6, 6.07) is 14.5. The molecule has 2 fully saturated rings. The molecule has 0 bridgehead atoms. The third-order valence-electron chi connectivity index (χ3n) is 5.99. The van der Waals surface area contributed by atoms with Crippen molar-refractivity contribution >= 4 is 23.8 Å². The highest BCUT2D eigenvalue weighted by Gasteiger charge is 2.48. The van der Waals surface area contributed by atoms with Crippen LogP contribution in [0.4, 0.5) is 10.6 Å². The summed E-state index contributed by atoms with van der Waals surface area (Å²) in [6.07, 6.45) is 0.681. The van der Waals surface area contributed by atoms with Gasteiger partial charge in [0.2, 0.25) is 0 Å². The minimum atomic E-state index is -1.05. The zero-order valence-electron chi connectivity index (χ0n) is 17.8. The van der Waals surface area contributed by atoms with Crippen molar-refractivity contribution in [3.05, 3.63) is 65.4 Å². The quantitative estimate of drug-likeness (QED) is 0.762. The lowest BCUT2D eigenvalue weighted by Gasteiger charge is -2.45. The van der Waals surface area contributed by atoms with Gasteiger partial charge in [-0.2, -0.15) is 0 Å². The molecule has 0 radical (unpaired) electrons. The van der Waals surface area contributed by atoms with Gasteiger partial charge in [0.05, 0.1) is 36.9 Å². The van der Waals surface area contributed by atoms with Crippen LogP contribution in [0.3, 0.4) is 0 Å². The number of carboxylic acid groups (broad SMARTS) is 1. The lowest BCUT2D eigenvalue weighted by Crippen LogP contribution is -2.51. The molecule has 4 rings (SSSR count). The number of amides is 1. The number of carbonyl (C=O) groups excluding carboxylic acids is 1. The summed E-state index contributed by atoms with van der Waals surface area (Å²) in [5.74, 6) is 0.773. The second-order valence-electron chi connectivity index (χ2n) is 8.46. The number of aromatic nitrogens is 1. The van der Waals surface area contributed by atoms with Crippen LogP contribution < -0.4 is 4.90 Å². The number of benzene rings is 1. The molecule has 3 heterocycles. The highest BCUT2D eigenvalue weighted by molar-refractivity contribution is 6.05. The van der Waals surface area contributed by atoms with E-state index in [1.54, 1.807) is 6.08 Å². The van der Waals surface area contributed by atoms with Crippen LogP contribution in [0.2, 0.25) is 0 Å². The Morgan fingerprint density at radius 2 is 1.84 bits per heavy atom. The number of Topliss-reactive ketones (excluding diaryl/α,β-unsaturated/α-hetero) is 1. The number of anilines is 1. The molecule has 1 aromatic carbocycles. The summed E-state index contributed by atoms with van der Waals surface area (Å²) in [5, 5.41) is 9.94. The van der Waals surface area contributed by atoms with Crippen molar-refractivity contribution in [1.29, 1.82) is 0 Å². The second kappa shape index (κ2) is 8.51. The Bertz CT molecular complexity index is 997. The number of pyridine rings is 1. The maximum atomic E-state index is 13.4. The fourth-order valence-electron chi connectivity index (χ4n) is 4.46. The van der Waals surface area contributed by atoms with Gasteiger partial charge in [-0.15, -0.1) is 0 Å². The van der Waals surface area contributed by atoms with Gasteiger partial charge in [0.1, 0.15) is 5.82 Å². The van der Waals surface area contributed by atoms with Crippen LogP contribution in [0.1, 0.15) is 31.1 Å². The van der Waals surface area contributed by atoms with Crippen LogP contribution in [-0.4, -0.2) is 59.7 Å². The second-order valence-corrected chi connectivity index (χ2v) is 8.46. The number of likely N-dealkylation sites (tertiary alicyclic amines) is 1. The Kier molecular flexibility index (Phi) is 5.78. The highest BCUT2D eigenvalue weighted by atomic mass is 16.5. The maximum Gasteiger partial charge on any atom is 0.408 e. The van der Waals surface area contributed by atoms with Crippen molar-refractivity contribution in [3.63, 3.8) is 0 Å². The zero-order valence-corrected chi connectivity index (χ0v) is 17.8. The van der Waals surface area contributed by atoms with Gasteiger partial charge in [-0.25, -0.2) is 9.78 Å². The van der Waals surface area contributed by atoms with Crippen LogP contribution in [0.15, 0.2) is 54.1 Å². The predicted octanol–water partition coefficient (Wildman–Crippen LogP) is 3.63. The number of morpholine rings is 1. The monoisotopic (exact) mass is 421 g/mol. The summed E-state index contributed by atoms with van der Waals surface area (Å²) in [4.78, 5) is 33.8. The third kappa shape index (κ3) is 4.18. The Morgan fingerprint density at radius 3 is 2.52 bits per heavy atom. The van der Waals surface area contributed by atoms with Gasteiger partial charge in [0.25, 0.3) is 0 Å². The minimum Gasteiger partial charge on any atom is -0.465 e. The number of carbonyl (C=O) groups is 2. The number of rotatable bonds is 3. The molecule has 1 N–H and O–H groups in total. The molecule has 1 amide bonds. The van der Waals surface area contributed by atoms with Crippen LogP contribution in [0.25, 0.3) is 6.08 Å². The number of ketones is 1. The standard InChI is InChI=1S/C24H27N3O4/c1-24(2)21(17-7-4-3-5-8-17)27(23(29)30)16-18(22(24)28)15-19-9-6-10-20(25-19)26-11-13-31-14-12-26/h3-10,15,21H,11-14,16H2,1-2H3,(H,29,30)/b18-15+. The van der Waals surface area contributed by atoms with Gasteiger partial charge < -0.3 is 14.7 Å². The van der Waals surface area contributed by atoms with E-state index >= 15 is 0 Å². The molecule has 2 aliphatic rings. The van der Waals surface area contributed by atoms with Gasteiger partial charge in [-0.3, -0.25) is 9.69 Å². The maximum absolute atomic E-state index is 13.4. The lowest BCUT2D eigenvalue weighted by atomic mass is 9.71. The zero-order chi connectivity index (χ0) is 22.0. The predicted molar refractivity (Wildman–Crippen MR) is 118 cm³/mol. The summed E-state index contributed by atoms with van der Waals surface area (Å²) < 4.78 is 5.40. The van der Waals surface area contributed by atoms with E-state index in [9.17, 15) is 14.7 Å². The molecule has 2 saturated heterocycles. The van der Waals surface area contributed by atoms with E-state index in [1.165, 1.54) is 4.90 Å². The smallest absolute Gasteiger partial charge is 0.408 e. The first-order valence-corrected chi connectivity index (χ1v) is 10.5. The van der Waals surface area contributed by atoms with E-state index in [0.717, 1.165) is 24.5 Å². The number of nitrogens with zero attached hydrogens (tertiary/aromatic N) is 3. The molecule has 7 nitrogen and oxygen atoms in total. The summed E-state index contributed by atoms with van der Waals surface area (Å²) >= 11 is 0. The van der Waals surface area contributed by atoms with Gasteiger partial charge in [0, 0.05) is 18.7 Å². The van der Waals surface area contributed by atoms with Gasteiger partial charge in [0.15, 0.2) is 5.78 Å². The van der Waals surface area contributed by atoms with Crippen molar-refractivity contribution in [2.24, 2.45) is 5.41 Å². The molecule has 0 spiro atoms. The molecule has 1 atom stereocenters. The van der Waals surface area contributed by atoms with Crippen molar-refractivity contribution in [2.75, 3.05) is 37.7 Å². The molecule has 0 aliphatic carbocycles. The SMILES string of the molecule is CC1(C)C(=O)/C(=C/c2cccc(N3CCOCC3)n2)CN(C(=O)O)C1c1ccccc1. The summed E-state index contributed by atoms with van der Waals surface area (Å²) in [7, 11) is 0. The van der Waals surface area contributed by atoms with Crippen LogP contribution in [0, 0.1) is 5.41 Å². The molecule has 2 aliphatic heterocycles. The van der Waals surface area contributed by atoms with E-state index in [1.807, 2.05) is 62.4 Å². The van der Waals surface area contributed by atoms with Crippen molar-refractivity contribution in [2.45, 2.75) is 19.9 Å². The average molecular weight is 421 g/mol. The molecule has 0 saturated carbocycles. The van der Waals surface area contributed by atoms with Crippen molar-refractivity contribution in [3.8, 4) is 0 Å². The fourth-order valence-corrected chi connectivity index (χ4v) is 4.46. The normalized spacial score (nSPS) is 22.6. The molecule has 1 unspecified atom stereocenters. The van der Waals surface area contributed by atoms with Gasteiger partial charge >= 0.3 is 6.09 Å². The largest absolute Gasteiger partial charge is 0.465 e. The number of hydrogen-bond donors (Lipinski definition) is 1. The first-order valence-electron chi connectivity index (χ1n) is 10.5. The first kappa shape index (κ1) is 21.1. The highest BCUT2D eigenvalue weighted by Crippen LogP contribution is 2.45. The lowest BCUT2D eigenvalue weighted by molar-refractivity contribution is -0.129. The summed E-state index contributed by atoms with van der Waals surface area (Å²) in [5.41, 5.74) is 0.999. The van der Waals surface area contributed by atoms with Gasteiger partial charge in [-0.1, -0.05) is 50.2 Å². The average Bonchev–Trinajstić information content (AvgIpc) is 2.78. The third-order valence-corrected chi connectivity index (χ3v) is 5.99. The van der Waals surface area contributed by atoms with Crippen molar-refractivity contribution in [1.82, 2.24) is 9.88 Å². The van der Waals surface area contributed by atoms with E-state index in [4.69, 9.17) is 9.72 Å². The molecular weight excluding hydrogens is 394 g/mol. The molecule has 31 heavy (non-hydrogen) atoms. The Hall–Kier alpha value is -3.19. The number of piperidine rings is 1. The Balaban J connectivity index is 1.68.